The van der Waals surface area contributed by atoms with Crippen LogP contribution >= 0.6 is 0 Å². The van der Waals surface area contributed by atoms with Crippen molar-refractivity contribution in [2.24, 2.45) is 11.8 Å². The van der Waals surface area contributed by atoms with Crippen molar-refractivity contribution >= 4 is 11.8 Å². The van der Waals surface area contributed by atoms with Crippen molar-refractivity contribution in [2.75, 3.05) is 27.3 Å². The molecule has 3 aliphatic rings. The summed E-state index contributed by atoms with van der Waals surface area (Å²) in [5, 5.41) is 3.01. The largest absolute Gasteiger partial charge is 0.493 e. The van der Waals surface area contributed by atoms with Gasteiger partial charge in [0, 0.05) is 25.5 Å². The van der Waals surface area contributed by atoms with Crippen LogP contribution in [-0.4, -0.2) is 60.7 Å². The van der Waals surface area contributed by atoms with Gasteiger partial charge < -0.3 is 24.4 Å². The zero-order chi connectivity index (χ0) is 23.0. The van der Waals surface area contributed by atoms with Gasteiger partial charge in [-0.2, -0.15) is 0 Å². The van der Waals surface area contributed by atoms with Crippen LogP contribution in [0.2, 0.25) is 0 Å². The molecule has 2 bridgehead atoms. The Bertz CT molecular complexity index is 1090. The molecule has 0 saturated carbocycles. The first-order valence-electron chi connectivity index (χ1n) is 11.1. The lowest BCUT2D eigenvalue weighted by Crippen LogP contribution is -2.44. The number of carbonyl (C=O) groups is 2. The molecule has 1 spiro atoms. The molecule has 2 aromatic rings. The molecule has 172 valence electrons. The number of pyridine rings is 1. The van der Waals surface area contributed by atoms with Crippen LogP contribution in [0.15, 0.2) is 54.9 Å². The van der Waals surface area contributed by atoms with Gasteiger partial charge in [0.2, 0.25) is 11.8 Å². The van der Waals surface area contributed by atoms with Gasteiger partial charge in [-0.3, -0.25) is 14.6 Å². The summed E-state index contributed by atoms with van der Waals surface area (Å²) in [6, 6.07) is 9.49. The zero-order valence-corrected chi connectivity index (χ0v) is 18.7. The Hall–Kier alpha value is -3.39. The van der Waals surface area contributed by atoms with E-state index in [-0.39, 0.29) is 17.9 Å². The van der Waals surface area contributed by atoms with Crippen molar-refractivity contribution in [1.29, 1.82) is 0 Å². The first-order chi connectivity index (χ1) is 16.0. The van der Waals surface area contributed by atoms with Gasteiger partial charge >= 0.3 is 0 Å². The molecule has 2 fully saturated rings. The number of rotatable bonds is 8. The fourth-order valence-corrected chi connectivity index (χ4v) is 5.20. The van der Waals surface area contributed by atoms with E-state index in [2.05, 4.69) is 10.3 Å². The molecular formula is C25H27N3O5. The Morgan fingerprint density at radius 3 is 2.73 bits per heavy atom. The number of nitrogens with one attached hydrogen (secondary N) is 1. The highest BCUT2D eigenvalue weighted by Gasteiger charge is 2.66. The summed E-state index contributed by atoms with van der Waals surface area (Å²) in [4.78, 5) is 32.3. The summed E-state index contributed by atoms with van der Waals surface area (Å²) in [6.45, 7) is 1.40. The molecular weight excluding hydrogens is 422 g/mol. The second kappa shape index (κ2) is 8.51. The lowest BCUT2D eigenvalue weighted by Gasteiger charge is -2.23. The fraction of sp³-hybridized carbons (Fsp3) is 0.400. The maximum absolute atomic E-state index is 13.3. The maximum Gasteiger partial charge on any atom is 0.230 e. The molecule has 2 amide bonds. The predicted octanol–water partition coefficient (Wildman–Crippen LogP) is 1.74. The van der Waals surface area contributed by atoms with Crippen molar-refractivity contribution in [3.63, 3.8) is 0 Å². The van der Waals surface area contributed by atoms with E-state index in [1.165, 1.54) is 0 Å². The number of aromatic nitrogens is 1. The molecule has 5 rings (SSSR count). The van der Waals surface area contributed by atoms with Crippen molar-refractivity contribution in [1.82, 2.24) is 15.2 Å². The number of likely N-dealkylation sites (tertiary alicyclic amines) is 1. The number of fused-ring (bicyclic) bond motifs is 1. The number of nitrogens with zero attached hydrogens (tertiary/aromatic N) is 2. The van der Waals surface area contributed by atoms with E-state index in [0.717, 1.165) is 11.1 Å². The summed E-state index contributed by atoms with van der Waals surface area (Å²) < 4.78 is 16.8. The zero-order valence-electron chi connectivity index (χ0n) is 18.7. The Balaban J connectivity index is 1.24. The molecule has 1 N–H and O–H groups in total. The molecule has 33 heavy (non-hydrogen) atoms. The van der Waals surface area contributed by atoms with E-state index in [1.807, 2.05) is 42.5 Å². The summed E-state index contributed by atoms with van der Waals surface area (Å²) in [6.07, 6.45) is 7.61. The van der Waals surface area contributed by atoms with Crippen LogP contribution in [0, 0.1) is 11.8 Å². The number of hydrogen-bond donors (Lipinski definition) is 1. The number of benzene rings is 1. The first kappa shape index (κ1) is 21.5. The lowest BCUT2D eigenvalue weighted by atomic mass is 9.77. The van der Waals surface area contributed by atoms with Gasteiger partial charge in [0.05, 0.1) is 38.7 Å². The summed E-state index contributed by atoms with van der Waals surface area (Å²) in [5.41, 5.74) is 1.32. The molecule has 2 saturated heterocycles. The molecule has 3 unspecified atom stereocenters. The Morgan fingerprint density at radius 2 is 1.97 bits per heavy atom. The smallest absolute Gasteiger partial charge is 0.230 e. The van der Waals surface area contributed by atoms with Gasteiger partial charge in [0.25, 0.3) is 0 Å². The average Bonchev–Trinajstić information content (AvgIpc) is 3.47. The van der Waals surface area contributed by atoms with Crippen LogP contribution in [0.4, 0.5) is 0 Å². The van der Waals surface area contributed by atoms with Gasteiger partial charge in [-0.15, -0.1) is 0 Å². The minimum Gasteiger partial charge on any atom is -0.493 e. The van der Waals surface area contributed by atoms with E-state index >= 15 is 0 Å². The maximum atomic E-state index is 13.3. The minimum atomic E-state index is -0.708. The molecule has 0 aliphatic carbocycles. The van der Waals surface area contributed by atoms with E-state index < -0.39 is 17.4 Å². The molecule has 1 aromatic heterocycles. The van der Waals surface area contributed by atoms with Crippen LogP contribution in [0.3, 0.4) is 0 Å². The van der Waals surface area contributed by atoms with E-state index in [1.54, 1.807) is 31.5 Å². The highest BCUT2D eigenvalue weighted by Crippen LogP contribution is 2.52. The number of hydrogen-bond acceptors (Lipinski definition) is 6. The Labute approximate surface area is 192 Å². The van der Waals surface area contributed by atoms with Crippen molar-refractivity contribution in [3.05, 3.63) is 66.0 Å². The van der Waals surface area contributed by atoms with Gasteiger partial charge in [-0.1, -0.05) is 18.2 Å². The number of amides is 2. The molecule has 4 heterocycles. The van der Waals surface area contributed by atoms with Crippen molar-refractivity contribution < 1.29 is 23.8 Å². The van der Waals surface area contributed by atoms with E-state index in [9.17, 15) is 9.59 Å². The Morgan fingerprint density at radius 1 is 1.18 bits per heavy atom. The summed E-state index contributed by atoms with van der Waals surface area (Å²) in [7, 11) is 3.19. The van der Waals surface area contributed by atoms with E-state index in [0.29, 0.717) is 37.6 Å². The number of ether oxygens (including phenoxy) is 3. The molecule has 8 nitrogen and oxygen atoms in total. The third-order valence-electron chi connectivity index (χ3n) is 6.77. The van der Waals surface area contributed by atoms with Crippen molar-refractivity contribution in [3.8, 4) is 11.5 Å². The second-order valence-corrected chi connectivity index (χ2v) is 8.68. The predicted molar refractivity (Wildman–Crippen MR) is 120 cm³/mol. The molecule has 1 aromatic carbocycles. The second-order valence-electron chi connectivity index (χ2n) is 8.68. The minimum absolute atomic E-state index is 0.0290. The van der Waals surface area contributed by atoms with Crippen molar-refractivity contribution in [2.45, 2.75) is 24.7 Å². The fourth-order valence-electron chi connectivity index (χ4n) is 5.20. The van der Waals surface area contributed by atoms with Crippen LogP contribution < -0.4 is 14.8 Å². The summed E-state index contributed by atoms with van der Waals surface area (Å²) >= 11 is 0. The molecule has 0 radical (unpaired) electrons. The number of carbonyl (C=O) groups excluding carboxylic acids is 2. The quantitative estimate of drug-likeness (QED) is 0.618. The highest BCUT2D eigenvalue weighted by molar-refractivity contribution is 5.93. The van der Waals surface area contributed by atoms with Gasteiger partial charge in [-0.05, 0) is 41.8 Å². The normalized spacial score (nSPS) is 27.0. The third kappa shape index (κ3) is 3.74. The first-order valence-corrected chi connectivity index (χ1v) is 11.1. The van der Waals surface area contributed by atoms with Crippen LogP contribution in [0.5, 0.6) is 11.5 Å². The number of methoxy groups -OCH3 is 2. The Kier molecular flexibility index (Phi) is 5.54. The van der Waals surface area contributed by atoms with Crippen LogP contribution in [-0.2, 0) is 27.3 Å². The monoisotopic (exact) mass is 449 g/mol. The highest BCUT2D eigenvalue weighted by atomic mass is 16.5. The van der Waals surface area contributed by atoms with Gasteiger partial charge in [0.15, 0.2) is 11.5 Å². The lowest BCUT2D eigenvalue weighted by molar-refractivity contribution is -0.137. The third-order valence-corrected chi connectivity index (χ3v) is 6.77. The molecule has 4 atom stereocenters. The average molecular weight is 450 g/mol. The van der Waals surface area contributed by atoms with Crippen LogP contribution in [0.1, 0.15) is 11.1 Å². The van der Waals surface area contributed by atoms with Crippen LogP contribution in [0.25, 0.3) is 0 Å². The van der Waals surface area contributed by atoms with Gasteiger partial charge in [-0.25, -0.2) is 0 Å². The molecule has 8 heteroatoms. The molecule has 3 aliphatic heterocycles. The van der Waals surface area contributed by atoms with Gasteiger partial charge in [0.1, 0.15) is 5.60 Å². The van der Waals surface area contributed by atoms with E-state index in [4.69, 9.17) is 14.2 Å². The summed E-state index contributed by atoms with van der Waals surface area (Å²) in [5.74, 6) is 0.138. The SMILES string of the molecule is COc1ccc(CCNC(=O)C2C3C(=O)N(Cc4ccncc4)CC34C=C[C@@H]2O4)cc1OC. The topological polar surface area (TPSA) is 90.0 Å². The standard InChI is InChI=1S/C25H27N3O5/c1-31-18-4-3-16(13-20(18)32-2)8-12-27-23(29)21-19-5-9-25(33-19)15-28(24(30)22(21)25)14-17-6-10-26-11-7-17/h3-7,9-11,13,19,21-22H,8,12,14-15H2,1-2H3,(H,27,29)/t19-,21?,22?,25?/m0/s1.